The minimum Gasteiger partial charge on any atom is -0.488 e. The summed E-state index contributed by atoms with van der Waals surface area (Å²) in [5, 5.41) is 6.74. The van der Waals surface area contributed by atoms with E-state index < -0.39 is 5.82 Å². The van der Waals surface area contributed by atoms with Crippen molar-refractivity contribution in [3.05, 3.63) is 101 Å². The van der Waals surface area contributed by atoms with Crippen molar-refractivity contribution < 1.29 is 13.5 Å². The van der Waals surface area contributed by atoms with E-state index in [4.69, 9.17) is 4.74 Å². The third-order valence-corrected chi connectivity index (χ3v) is 5.00. The normalized spacial score (nSPS) is 11.0. The van der Waals surface area contributed by atoms with Gasteiger partial charge in [0.25, 0.3) is 0 Å². The maximum atomic E-state index is 13.8. The Morgan fingerprint density at radius 1 is 1.00 bits per heavy atom. The minimum atomic E-state index is -0.448. The third-order valence-electron chi connectivity index (χ3n) is 4.25. The van der Waals surface area contributed by atoms with Crippen LogP contribution in [0.2, 0.25) is 0 Å². The number of aromatic nitrogens is 1. The Bertz CT molecular complexity index is 1160. The maximum Gasteiger partial charge on any atom is 0.203 e. The number of nitrogens with zero attached hydrogens (tertiary/aromatic N) is 2. The van der Waals surface area contributed by atoms with Gasteiger partial charge in [0.05, 0.1) is 11.9 Å². The van der Waals surface area contributed by atoms with Crippen molar-refractivity contribution in [1.29, 1.82) is 0 Å². The molecule has 30 heavy (non-hydrogen) atoms. The summed E-state index contributed by atoms with van der Waals surface area (Å²) in [6, 6.07) is 20.2. The van der Waals surface area contributed by atoms with Crippen LogP contribution in [-0.2, 0) is 6.61 Å². The number of thiazole rings is 1. The fraction of sp³-hybridized carbons (Fsp3) is 0.0435. The highest BCUT2D eigenvalue weighted by molar-refractivity contribution is 7.14. The molecule has 3 aromatic carbocycles. The Morgan fingerprint density at radius 3 is 2.63 bits per heavy atom. The van der Waals surface area contributed by atoms with Crippen LogP contribution in [0.15, 0.2) is 83.3 Å². The van der Waals surface area contributed by atoms with E-state index in [9.17, 15) is 8.78 Å². The highest BCUT2D eigenvalue weighted by Crippen LogP contribution is 2.25. The van der Waals surface area contributed by atoms with Gasteiger partial charge in [0.15, 0.2) is 0 Å². The van der Waals surface area contributed by atoms with E-state index in [0.717, 1.165) is 11.3 Å². The summed E-state index contributed by atoms with van der Waals surface area (Å²) in [7, 11) is 0. The molecule has 0 bridgehead atoms. The molecule has 0 fully saturated rings. The fourth-order valence-electron chi connectivity index (χ4n) is 2.73. The van der Waals surface area contributed by atoms with Crippen molar-refractivity contribution in [2.45, 2.75) is 6.61 Å². The van der Waals surface area contributed by atoms with Crippen LogP contribution in [0.25, 0.3) is 11.3 Å². The van der Waals surface area contributed by atoms with Gasteiger partial charge in [0, 0.05) is 28.1 Å². The highest BCUT2D eigenvalue weighted by Gasteiger charge is 2.07. The monoisotopic (exact) mass is 421 g/mol. The molecule has 150 valence electrons. The van der Waals surface area contributed by atoms with Gasteiger partial charge in [-0.2, -0.15) is 5.10 Å². The lowest BCUT2D eigenvalue weighted by molar-refractivity contribution is 0.298. The predicted octanol–water partition coefficient (Wildman–Crippen LogP) is 6.11. The second kappa shape index (κ2) is 9.28. The molecule has 1 heterocycles. The Hall–Kier alpha value is -3.58. The first-order valence-electron chi connectivity index (χ1n) is 9.15. The summed E-state index contributed by atoms with van der Waals surface area (Å²) in [4.78, 5) is 4.49. The summed E-state index contributed by atoms with van der Waals surface area (Å²) >= 11 is 1.43. The first kappa shape index (κ1) is 19.7. The number of nitrogens with one attached hydrogen (secondary N) is 1. The van der Waals surface area contributed by atoms with Crippen LogP contribution in [0.4, 0.5) is 13.9 Å². The first-order chi connectivity index (χ1) is 14.7. The number of ether oxygens (including phenoxy) is 1. The first-order valence-corrected chi connectivity index (χ1v) is 10.0. The smallest absolute Gasteiger partial charge is 0.203 e. The number of rotatable bonds is 7. The molecular formula is C23H17F2N3OS. The minimum absolute atomic E-state index is 0.0166. The molecule has 0 aliphatic heterocycles. The summed E-state index contributed by atoms with van der Waals surface area (Å²) < 4.78 is 33.1. The van der Waals surface area contributed by atoms with E-state index in [-0.39, 0.29) is 18.2 Å². The zero-order chi connectivity index (χ0) is 20.8. The Kier molecular flexibility index (Phi) is 6.10. The van der Waals surface area contributed by atoms with Gasteiger partial charge in [-0.3, -0.25) is 5.43 Å². The van der Waals surface area contributed by atoms with Crippen molar-refractivity contribution in [1.82, 2.24) is 4.98 Å². The van der Waals surface area contributed by atoms with E-state index in [1.807, 2.05) is 35.7 Å². The molecule has 0 saturated heterocycles. The molecule has 4 rings (SSSR count). The van der Waals surface area contributed by atoms with Crippen LogP contribution in [0, 0.1) is 11.6 Å². The lowest BCUT2D eigenvalue weighted by Crippen LogP contribution is -2.01. The van der Waals surface area contributed by atoms with E-state index >= 15 is 0 Å². The maximum absolute atomic E-state index is 13.8. The Morgan fingerprint density at radius 2 is 1.80 bits per heavy atom. The summed E-state index contributed by atoms with van der Waals surface area (Å²) in [5.74, 6) is -0.548. The fourth-order valence-corrected chi connectivity index (χ4v) is 3.40. The number of hydrogen-bond acceptors (Lipinski definition) is 5. The molecular weight excluding hydrogens is 404 g/mol. The van der Waals surface area contributed by atoms with Gasteiger partial charge in [0.1, 0.15) is 24.0 Å². The standard InChI is InChI=1S/C23H17F2N3OS/c24-19-11-10-17(22(12-19)29-14-18-8-4-5-9-20(18)25)13-26-28-23-27-21(15-30-23)16-6-2-1-3-7-16/h1-13,15H,14H2,(H,27,28). The van der Waals surface area contributed by atoms with E-state index in [1.54, 1.807) is 24.3 Å². The quantitative estimate of drug-likeness (QED) is 0.289. The molecule has 1 N–H and O–H groups in total. The molecule has 4 nitrogen and oxygen atoms in total. The number of halogens is 2. The molecule has 0 aliphatic carbocycles. The van der Waals surface area contributed by atoms with Crippen LogP contribution < -0.4 is 10.2 Å². The van der Waals surface area contributed by atoms with Gasteiger partial charge in [-0.1, -0.05) is 48.5 Å². The molecule has 1 aromatic heterocycles. The van der Waals surface area contributed by atoms with Gasteiger partial charge >= 0.3 is 0 Å². The van der Waals surface area contributed by atoms with Crippen molar-refractivity contribution in [2.75, 3.05) is 5.43 Å². The SMILES string of the molecule is Fc1ccc(C=NNc2nc(-c3ccccc3)cs2)c(OCc2ccccc2F)c1. The largest absolute Gasteiger partial charge is 0.488 e. The molecule has 0 unspecified atom stereocenters. The number of hydrogen-bond donors (Lipinski definition) is 1. The summed E-state index contributed by atoms with van der Waals surface area (Å²) in [6.45, 7) is -0.0166. The second-order valence-electron chi connectivity index (χ2n) is 6.34. The zero-order valence-corrected chi connectivity index (χ0v) is 16.6. The summed E-state index contributed by atoms with van der Waals surface area (Å²) in [5.41, 5.74) is 5.70. The van der Waals surface area contributed by atoms with Gasteiger partial charge in [-0.05, 0) is 18.2 Å². The number of hydrazone groups is 1. The topological polar surface area (TPSA) is 46.5 Å². The van der Waals surface area contributed by atoms with Crippen molar-refractivity contribution in [3.8, 4) is 17.0 Å². The van der Waals surface area contributed by atoms with Gasteiger partial charge < -0.3 is 4.74 Å². The average Bonchev–Trinajstić information content (AvgIpc) is 3.24. The van der Waals surface area contributed by atoms with Crippen LogP contribution in [0.3, 0.4) is 0 Å². The zero-order valence-electron chi connectivity index (χ0n) is 15.8. The van der Waals surface area contributed by atoms with Crippen molar-refractivity contribution >= 4 is 22.7 Å². The number of anilines is 1. The number of benzene rings is 3. The Balaban J connectivity index is 1.45. The molecule has 0 saturated carbocycles. The second-order valence-corrected chi connectivity index (χ2v) is 7.19. The van der Waals surface area contributed by atoms with E-state index in [0.29, 0.717) is 16.3 Å². The Labute approximate surface area is 176 Å². The molecule has 7 heteroatoms. The predicted molar refractivity (Wildman–Crippen MR) is 116 cm³/mol. The average molecular weight is 421 g/mol. The van der Waals surface area contributed by atoms with Crippen molar-refractivity contribution in [3.63, 3.8) is 0 Å². The molecule has 0 spiro atoms. The molecule has 0 aliphatic rings. The van der Waals surface area contributed by atoms with Crippen LogP contribution in [0.5, 0.6) is 5.75 Å². The lowest BCUT2D eigenvalue weighted by atomic mass is 10.2. The van der Waals surface area contributed by atoms with E-state index in [2.05, 4.69) is 15.5 Å². The summed E-state index contributed by atoms with van der Waals surface area (Å²) in [6.07, 6.45) is 1.51. The van der Waals surface area contributed by atoms with Gasteiger partial charge in [-0.25, -0.2) is 13.8 Å². The van der Waals surface area contributed by atoms with Gasteiger partial charge in [0.2, 0.25) is 5.13 Å². The van der Waals surface area contributed by atoms with Gasteiger partial charge in [-0.15, -0.1) is 11.3 Å². The van der Waals surface area contributed by atoms with E-state index in [1.165, 1.54) is 35.8 Å². The van der Waals surface area contributed by atoms with Crippen molar-refractivity contribution in [2.24, 2.45) is 5.10 Å². The third kappa shape index (κ3) is 4.87. The molecule has 0 radical (unpaired) electrons. The van der Waals surface area contributed by atoms with Crippen LogP contribution >= 0.6 is 11.3 Å². The molecule has 0 atom stereocenters. The van der Waals surface area contributed by atoms with Crippen LogP contribution in [-0.4, -0.2) is 11.2 Å². The molecule has 4 aromatic rings. The highest BCUT2D eigenvalue weighted by atomic mass is 32.1. The lowest BCUT2D eigenvalue weighted by Gasteiger charge is -2.10. The molecule has 0 amide bonds. The van der Waals surface area contributed by atoms with Crippen LogP contribution in [0.1, 0.15) is 11.1 Å².